The molecule has 0 fully saturated rings. The first-order valence-corrected chi connectivity index (χ1v) is 5.31. The van der Waals surface area contributed by atoms with Crippen LogP contribution in [0, 0.1) is 0 Å². The molecule has 0 amide bonds. The molecule has 80 valence electrons. The van der Waals surface area contributed by atoms with E-state index in [1.54, 1.807) is 0 Å². The van der Waals surface area contributed by atoms with E-state index in [1.807, 2.05) is 13.8 Å². The standard InChI is InChI=1S/C9H14F2N2S/c1-5(2)9-13-4-7(14-9)6(3-12)8(10)11/h4-6,8H,3,12H2,1-2H3. The number of rotatable bonds is 4. The Labute approximate surface area is 86.2 Å². The molecule has 0 aliphatic rings. The Morgan fingerprint density at radius 3 is 2.50 bits per heavy atom. The number of hydrogen-bond acceptors (Lipinski definition) is 3. The molecule has 1 unspecified atom stereocenters. The summed E-state index contributed by atoms with van der Waals surface area (Å²) in [5.74, 6) is -0.579. The molecule has 1 rings (SSSR count). The molecular weight excluding hydrogens is 206 g/mol. The van der Waals surface area contributed by atoms with E-state index in [9.17, 15) is 8.78 Å². The normalized spacial score (nSPS) is 13.9. The lowest BCUT2D eigenvalue weighted by Crippen LogP contribution is -2.18. The van der Waals surface area contributed by atoms with E-state index in [0.717, 1.165) is 5.01 Å². The van der Waals surface area contributed by atoms with Crippen molar-refractivity contribution in [2.24, 2.45) is 5.73 Å². The van der Waals surface area contributed by atoms with E-state index in [4.69, 9.17) is 5.73 Å². The Kier molecular flexibility index (Phi) is 3.95. The first kappa shape index (κ1) is 11.5. The second kappa shape index (κ2) is 4.79. The summed E-state index contributed by atoms with van der Waals surface area (Å²) in [6.45, 7) is 3.95. The number of aromatic nitrogens is 1. The molecule has 0 aliphatic carbocycles. The molecule has 0 aromatic carbocycles. The van der Waals surface area contributed by atoms with Gasteiger partial charge in [-0.2, -0.15) is 0 Å². The molecule has 5 heteroatoms. The van der Waals surface area contributed by atoms with Gasteiger partial charge in [-0.1, -0.05) is 13.8 Å². The van der Waals surface area contributed by atoms with Crippen molar-refractivity contribution in [1.82, 2.24) is 4.98 Å². The Bertz CT molecular complexity index is 286. The molecule has 0 saturated carbocycles. The van der Waals surface area contributed by atoms with Crippen LogP contribution in [0.1, 0.15) is 35.6 Å². The number of halogens is 2. The zero-order valence-corrected chi connectivity index (χ0v) is 9.02. The summed E-state index contributed by atoms with van der Waals surface area (Å²) < 4.78 is 25.0. The lowest BCUT2D eigenvalue weighted by Gasteiger charge is -2.10. The van der Waals surface area contributed by atoms with E-state index in [2.05, 4.69) is 4.98 Å². The van der Waals surface area contributed by atoms with Crippen molar-refractivity contribution in [3.63, 3.8) is 0 Å². The van der Waals surface area contributed by atoms with Gasteiger partial charge >= 0.3 is 0 Å². The number of nitrogens with two attached hydrogens (primary N) is 1. The van der Waals surface area contributed by atoms with Crippen LogP contribution >= 0.6 is 11.3 Å². The van der Waals surface area contributed by atoms with Crippen molar-refractivity contribution >= 4 is 11.3 Å². The van der Waals surface area contributed by atoms with Gasteiger partial charge in [0, 0.05) is 23.5 Å². The fourth-order valence-electron chi connectivity index (χ4n) is 1.08. The van der Waals surface area contributed by atoms with Gasteiger partial charge in [0.05, 0.1) is 10.9 Å². The molecule has 0 spiro atoms. The van der Waals surface area contributed by atoms with Gasteiger partial charge in [0.25, 0.3) is 0 Å². The predicted octanol–water partition coefficient (Wildman–Crippen LogP) is 2.57. The number of alkyl halides is 2. The van der Waals surface area contributed by atoms with Gasteiger partial charge in [0.15, 0.2) is 0 Å². The van der Waals surface area contributed by atoms with Crippen molar-refractivity contribution < 1.29 is 8.78 Å². The monoisotopic (exact) mass is 220 g/mol. The van der Waals surface area contributed by atoms with Crippen LogP contribution in [0.2, 0.25) is 0 Å². The quantitative estimate of drug-likeness (QED) is 0.847. The number of nitrogens with zero attached hydrogens (tertiary/aromatic N) is 1. The molecule has 14 heavy (non-hydrogen) atoms. The average Bonchev–Trinajstić information content (AvgIpc) is 2.53. The van der Waals surface area contributed by atoms with Gasteiger partial charge in [0.2, 0.25) is 6.43 Å². The minimum Gasteiger partial charge on any atom is -0.330 e. The predicted molar refractivity (Wildman–Crippen MR) is 54.0 cm³/mol. The minimum atomic E-state index is -2.40. The van der Waals surface area contributed by atoms with Crippen molar-refractivity contribution in [1.29, 1.82) is 0 Å². The molecule has 2 N–H and O–H groups in total. The molecule has 0 bridgehead atoms. The highest BCUT2D eigenvalue weighted by molar-refractivity contribution is 7.11. The summed E-state index contributed by atoms with van der Waals surface area (Å²) in [7, 11) is 0. The smallest absolute Gasteiger partial charge is 0.247 e. The van der Waals surface area contributed by atoms with E-state index in [-0.39, 0.29) is 12.5 Å². The summed E-state index contributed by atoms with van der Waals surface area (Å²) in [5, 5.41) is 0.888. The van der Waals surface area contributed by atoms with Crippen LogP contribution in [-0.4, -0.2) is 18.0 Å². The van der Waals surface area contributed by atoms with Gasteiger partial charge in [-0.15, -0.1) is 11.3 Å². The number of thiazole rings is 1. The third kappa shape index (κ3) is 2.48. The van der Waals surface area contributed by atoms with Crippen molar-refractivity contribution in [3.8, 4) is 0 Å². The van der Waals surface area contributed by atoms with E-state index in [0.29, 0.717) is 4.88 Å². The average molecular weight is 220 g/mol. The summed E-state index contributed by atoms with van der Waals surface area (Å²) >= 11 is 1.33. The Morgan fingerprint density at radius 1 is 1.50 bits per heavy atom. The van der Waals surface area contributed by atoms with Crippen LogP contribution in [0.4, 0.5) is 8.78 Å². The maximum atomic E-state index is 12.5. The van der Waals surface area contributed by atoms with Crippen molar-refractivity contribution in [3.05, 3.63) is 16.1 Å². The van der Waals surface area contributed by atoms with Gasteiger partial charge in [0.1, 0.15) is 0 Å². The zero-order chi connectivity index (χ0) is 10.7. The third-order valence-corrected chi connectivity index (χ3v) is 3.39. The topological polar surface area (TPSA) is 38.9 Å². The van der Waals surface area contributed by atoms with Gasteiger partial charge in [-0.25, -0.2) is 13.8 Å². The maximum Gasteiger partial charge on any atom is 0.247 e. The van der Waals surface area contributed by atoms with Crippen LogP contribution in [0.25, 0.3) is 0 Å². The largest absolute Gasteiger partial charge is 0.330 e. The SMILES string of the molecule is CC(C)c1ncc(C(CN)C(F)F)s1. The number of hydrogen-bond donors (Lipinski definition) is 1. The molecule has 1 atom stereocenters. The maximum absolute atomic E-state index is 12.5. The highest BCUT2D eigenvalue weighted by Crippen LogP contribution is 2.30. The second-order valence-corrected chi connectivity index (χ2v) is 4.53. The van der Waals surface area contributed by atoms with Gasteiger partial charge in [-0.05, 0) is 0 Å². The van der Waals surface area contributed by atoms with E-state index in [1.165, 1.54) is 17.5 Å². The van der Waals surface area contributed by atoms with E-state index >= 15 is 0 Å². The van der Waals surface area contributed by atoms with E-state index < -0.39 is 12.3 Å². The summed E-state index contributed by atoms with van der Waals surface area (Å²) in [5.41, 5.74) is 5.29. The second-order valence-electron chi connectivity index (χ2n) is 3.43. The van der Waals surface area contributed by atoms with Crippen molar-refractivity contribution in [2.75, 3.05) is 6.54 Å². The fourth-order valence-corrected chi connectivity index (χ4v) is 2.12. The molecular formula is C9H14F2N2S. The Hall–Kier alpha value is -0.550. The molecule has 1 aromatic rings. The molecule has 0 aliphatic heterocycles. The van der Waals surface area contributed by atoms with Gasteiger partial charge in [-0.3, -0.25) is 0 Å². The van der Waals surface area contributed by atoms with Crippen LogP contribution in [-0.2, 0) is 0 Å². The minimum absolute atomic E-state index is 0.0304. The Morgan fingerprint density at radius 2 is 2.14 bits per heavy atom. The zero-order valence-electron chi connectivity index (χ0n) is 8.21. The summed E-state index contributed by atoms with van der Waals surface area (Å²) in [6.07, 6.45) is -0.885. The highest BCUT2D eigenvalue weighted by Gasteiger charge is 2.23. The molecule has 1 heterocycles. The molecule has 2 nitrogen and oxygen atoms in total. The van der Waals surface area contributed by atoms with Gasteiger partial charge < -0.3 is 5.73 Å². The lowest BCUT2D eigenvalue weighted by molar-refractivity contribution is 0.118. The lowest BCUT2D eigenvalue weighted by atomic mass is 10.1. The molecule has 0 saturated heterocycles. The third-order valence-electron chi connectivity index (χ3n) is 1.96. The molecule has 0 radical (unpaired) electrons. The summed E-state index contributed by atoms with van der Waals surface area (Å²) in [6, 6.07) is 0. The van der Waals surface area contributed by atoms with Crippen LogP contribution in [0.3, 0.4) is 0 Å². The Balaban J connectivity index is 2.84. The first-order valence-electron chi connectivity index (χ1n) is 4.50. The highest BCUT2D eigenvalue weighted by atomic mass is 32.1. The van der Waals surface area contributed by atoms with Crippen LogP contribution in [0.5, 0.6) is 0 Å². The van der Waals surface area contributed by atoms with Crippen molar-refractivity contribution in [2.45, 2.75) is 32.1 Å². The fraction of sp³-hybridized carbons (Fsp3) is 0.667. The van der Waals surface area contributed by atoms with Crippen LogP contribution < -0.4 is 5.73 Å². The molecule has 1 aromatic heterocycles. The first-order chi connectivity index (χ1) is 6.56. The van der Waals surface area contributed by atoms with Crippen LogP contribution in [0.15, 0.2) is 6.20 Å². The summed E-state index contributed by atoms with van der Waals surface area (Å²) in [4.78, 5) is 4.69.